The molecule has 4 heteroatoms. The number of phenols is 1. The standard InChI is InChI=1S/C20H20N2O2/c1-15-6-8-16(9-7-15)10-11-17-14-22(12-13-23)21-20(17)18-4-2-3-5-19(18)24/h2-8,14,16,23-24H,9,12-13H2,1H3. The van der Waals surface area contributed by atoms with Crippen molar-refractivity contribution in [3.05, 3.63) is 59.8 Å². The number of phenolic OH excluding ortho intramolecular Hbond substituents is 1. The fraction of sp³-hybridized carbons (Fsp3) is 0.250. The summed E-state index contributed by atoms with van der Waals surface area (Å²) < 4.78 is 1.66. The molecule has 1 unspecified atom stereocenters. The zero-order valence-corrected chi connectivity index (χ0v) is 13.6. The molecule has 1 aromatic heterocycles. The van der Waals surface area contributed by atoms with Gasteiger partial charge in [-0.05, 0) is 25.5 Å². The Labute approximate surface area is 141 Å². The van der Waals surface area contributed by atoms with Gasteiger partial charge < -0.3 is 10.2 Å². The third-order valence-electron chi connectivity index (χ3n) is 3.93. The maximum atomic E-state index is 10.1. The molecule has 1 aliphatic carbocycles. The van der Waals surface area contributed by atoms with Gasteiger partial charge in [0.1, 0.15) is 11.4 Å². The molecule has 0 aliphatic heterocycles. The zero-order chi connectivity index (χ0) is 16.9. The van der Waals surface area contributed by atoms with Gasteiger partial charge in [0.2, 0.25) is 0 Å². The van der Waals surface area contributed by atoms with Crippen LogP contribution in [-0.2, 0) is 6.54 Å². The summed E-state index contributed by atoms with van der Waals surface area (Å²) in [4.78, 5) is 0. The van der Waals surface area contributed by atoms with E-state index in [1.165, 1.54) is 5.57 Å². The van der Waals surface area contributed by atoms with Crippen molar-refractivity contribution in [2.45, 2.75) is 19.9 Å². The number of benzene rings is 1. The molecule has 0 bridgehead atoms. The number of aromatic hydroxyl groups is 1. The number of hydrogen-bond acceptors (Lipinski definition) is 3. The second kappa shape index (κ2) is 7.20. The molecule has 4 nitrogen and oxygen atoms in total. The third kappa shape index (κ3) is 3.58. The molecule has 0 spiro atoms. The summed E-state index contributed by atoms with van der Waals surface area (Å²) in [7, 11) is 0. The predicted molar refractivity (Wildman–Crippen MR) is 94.3 cm³/mol. The van der Waals surface area contributed by atoms with Crippen LogP contribution in [0.2, 0.25) is 0 Å². The van der Waals surface area contributed by atoms with Gasteiger partial charge in [-0.1, -0.05) is 47.8 Å². The Balaban J connectivity index is 1.95. The number of allylic oxidation sites excluding steroid dienone is 4. The van der Waals surface area contributed by atoms with Crippen molar-refractivity contribution in [2.75, 3.05) is 6.61 Å². The molecule has 0 radical (unpaired) electrons. The average Bonchev–Trinajstić information content (AvgIpc) is 2.98. The number of para-hydroxylation sites is 1. The topological polar surface area (TPSA) is 58.3 Å². The quantitative estimate of drug-likeness (QED) is 0.854. The lowest BCUT2D eigenvalue weighted by Gasteiger charge is -2.07. The molecular weight excluding hydrogens is 300 g/mol. The Kier molecular flexibility index (Phi) is 4.83. The van der Waals surface area contributed by atoms with Crippen LogP contribution in [0.15, 0.2) is 54.3 Å². The maximum absolute atomic E-state index is 10.1. The van der Waals surface area contributed by atoms with Gasteiger partial charge in [0, 0.05) is 17.7 Å². The summed E-state index contributed by atoms with van der Waals surface area (Å²) in [5, 5.41) is 23.7. The predicted octanol–water partition coefficient (Wildman–Crippen LogP) is 3.12. The minimum atomic E-state index is 0.00416. The van der Waals surface area contributed by atoms with Gasteiger partial charge in [0.15, 0.2) is 0 Å². The number of hydrogen-bond donors (Lipinski definition) is 2. The van der Waals surface area contributed by atoms with E-state index < -0.39 is 0 Å². The summed E-state index contributed by atoms with van der Waals surface area (Å²) in [6, 6.07) is 7.08. The van der Waals surface area contributed by atoms with Gasteiger partial charge in [0.25, 0.3) is 0 Å². The van der Waals surface area contributed by atoms with Gasteiger partial charge in [-0.25, -0.2) is 0 Å². The second-order valence-electron chi connectivity index (χ2n) is 5.81. The first kappa shape index (κ1) is 16.1. The number of nitrogens with zero attached hydrogens (tertiary/aromatic N) is 2. The van der Waals surface area contributed by atoms with Crippen molar-refractivity contribution in [1.82, 2.24) is 9.78 Å². The first-order chi connectivity index (χ1) is 11.7. The number of rotatable bonds is 3. The highest BCUT2D eigenvalue weighted by molar-refractivity contribution is 5.72. The van der Waals surface area contributed by atoms with Crippen LogP contribution in [0.5, 0.6) is 5.75 Å². The van der Waals surface area contributed by atoms with Crippen molar-refractivity contribution >= 4 is 0 Å². The summed E-state index contributed by atoms with van der Waals surface area (Å²) >= 11 is 0. The van der Waals surface area contributed by atoms with Crippen molar-refractivity contribution in [3.8, 4) is 28.8 Å². The van der Waals surface area contributed by atoms with Crippen molar-refractivity contribution in [3.63, 3.8) is 0 Å². The fourth-order valence-corrected chi connectivity index (χ4v) is 2.61. The maximum Gasteiger partial charge on any atom is 0.125 e. The van der Waals surface area contributed by atoms with Gasteiger partial charge in [-0.2, -0.15) is 5.10 Å². The summed E-state index contributed by atoms with van der Waals surface area (Å²) in [6.07, 6.45) is 9.10. The van der Waals surface area contributed by atoms with E-state index in [-0.39, 0.29) is 18.3 Å². The highest BCUT2D eigenvalue weighted by Gasteiger charge is 2.13. The van der Waals surface area contributed by atoms with Crippen LogP contribution >= 0.6 is 0 Å². The lowest BCUT2D eigenvalue weighted by atomic mass is 9.97. The molecule has 2 N–H and O–H groups in total. The third-order valence-corrected chi connectivity index (χ3v) is 3.93. The Morgan fingerprint density at radius 3 is 2.88 bits per heavy atom. The van der Waals surface area contributed by atoms with E-state index in [4.69, 9.17) is 5.11 Å². The van der Waals surface area contributed by atoms with E-state index in [1.807, 2.05) is 18.3 Å². The van der Waals surface area contributed by atoms with Crippen LogP contribution in [0.1, 0.15) is 18.9 Å². The fourth-order valence-electron chi connectivity index (χ4n) is 2.61. The Hall–Kier alpha value is -2.77. The van der Waals surface area contributed by atoms with Crippen LogP contribution in [0.4, 0.5) is 0 Å². The molecular formula is C20H20N2O2. The van der Waals surface area contributed by atoms with E-state index in [0.29, 0.717) is 17.8 Å². The molecule has 3 rings (SSSR count). The van der Waals surface area contributed by atoms with Crippen LogP contribution in [0.25, 0.3) is 11.3 Å². The molecule has 1 heterocycles. The Morgan fingerprint density at radius 2 is 2.17 bits per heavy atom. The average molecular weight is 320 g/mol. The van der Waals surface area contributed by atoms with Crippen molar-refractivity contribution in [2.24, 2.45) is 5.92 Å². The van der Waals surface area contributed by atoms with E-state index >= 15 is 0 Å². The smallest absolute Gasteiger partial charge is 0.125 e. The molecule has 2 aromatic rings. The van der Waals surface area contributed by atoms with Crippen LogP contribution < -0.4 is 0 Å². The summed E-state index contributed by atoms with van der Waals surface area (Å²) in [5.41, 5.74) is 3.30. The molecule has 0 amide bonds. The number of aliphatic hydroxyl groups excluding tert-OH is 1. The molecule has 1 aliphatic rings. The molecule has 0 fully saturated rings. The van der Waals surface area contributed by atoms with Gasteiger partial charge in [-0.3, -0.25) is 4.68 Å². The van der Waals surface area contributed by atoms with Gasteiger partial charge >= 0.3 is 0 Å². The highest BCUT2D eigenvalue weighted by atomic mass is 16.3. The monoisotopic (exact) mass is 320 g/mol. The number of aromatic nitrogens is 2. The SMILES string of the molecule is CC1=CCC(C#Cc2cn(CCO)nc2-c2ccccc2O)C=C1. The van der Waals surface area contributed by atoms with Crippen LogP contribution in [-0.4, -0.2) is 26.6 Å². The van der Waals surface area contributed by atoms with Gasteiger partial charge in [0.05, 0.1) is 18.7 Å². The lowest BCUT2D eigenvalue weighted by Crippen LogP contribution is -2.02. The number of aliphatic hydroxyl groups is 1. The lowest BCUT2D eigenvalue weighted by molar-refractivity contribution is 0.269. The normalized spacial score (nSPS) is 16.4. The second-order valence-corrected chi connectivity index (χ2v) is 5.81. The minimum absolute atomic E-state index is 0.00416. The van der Waals surface area contributed by atoms with Crippen LogP contribution in [0.3, 0.4) is 0 Å². The van der Waals surface area contributed by atoms with E-state index in [0.717, 1.165) is 12.0 Å². The largest absolute Gasteiger partial charge is 0.507 e. The molecule has 0 saturated heterocycles. The highest BCUT2D eigenvalue weighted by Crippen LogP contribution is 2.29. The van der Waals surface area contributed by atoms with E-state index in [1.54, 1.807) is 16.8 Å². The van der Waals surface area contributed by atoms with Crippen molar-refractivity contribution in [1.29, 1.82) is 0 Å². The minimum Gasteiger partial charge on any atom is -0.507 e. The van der Waals surface area contributed by atoms with Crippen molar-refractivity contribution < 1.29 is 10.2 Å². The molecule has 122 valence electrons. The molecule has 1 aromatic carbocycles. The Bertz CT molecular complexity index is 850. The van der Waals surface area contributed by atoms with Gasteiger partial charge in [-0.15, -0.1) is 0 Å². The van der Waals surface area contributed by atoms with Crippen LogP contribution in [0, 0.1) is 17.8 Å². The Morgan fingerprint density at radius 1 is 1.33 bits per heavy atom. The molecule has 24 heavy (non-hydrogen) atoms. The van der Waals surface area contributed by atoms with E-state index in [2.05, 4.69) is 42.1 Å². The molecule has 1 atom stereocenters. The summed E-state index contributed by atoms with van der Waals surface area (Å²) in [6.45, 7) is 2.48. The first-order valence-corrected chi connectivity index (χ1v) is 8.00. The van der Waals surface area contributed by atoms with E-state index in [9.17, 15) is 5.11 Å². The molecule has 0 saturated carbocycles. The zero-order valence-electron chi connectivity index (χ0n) is 13.6. The summed E-state index contributed by atoms with van der Waals surface area (Å²) in [5.74, 6) is 6.82. The first-order valence-electron chi connectivity index (χ1n) is 8.00.